The SMILES string of the molecule is C=CCn1c(SCC(=O)Nc2ccc(Cl)cn2)nnc1-c1csc(C)c1-c1ccc(C)cc1. The lowest BCUT2D eigenvalue weighted by atomic mass is 10.0. The first-order valence-corrected chi connectivity index (χ1v) is 12.4. The van der Waals surface area contributed by atoms with Crippen LogP contribution in [0.3, 0.4) is 0 Å². The number of allylic oxidation sites excluding steroid dienone is 1. The number of benzene rings is 1. The van der Waals surface area contributed by atoms with E-state index in [9.17, 15) is 4.79 Å². The fraction of sp³-hybridized carbons (Fsp3) is 0.167. The molecule has 0 unspecified atom stereocenters. The van der Waals surface area contributed by atoms with Crippen molar-refractivity contribution in [3.63, 3.8) is 0 Å². The van der Waals surface area contributed by atoms with E-state index in [2.05, 4.69) is 70.6 Å². The third kappa shape index (κ3) is 5.35. The number of hydrogen-bond donors (Lipinski definition) is 1. The van der Waals surface area contributed by atoms with Crippen molar-refractivity contribution >= 4 is 46.4 Å². The molecule has 0 aliphatic carbocycles. The van der Waals surface area contributed by atoms with E-state index in [1.54, 1.807) is 29.5 Å². The van der Waals surface area contributed by atoms with Gasteiger partial charge in [0.15, 0.2) is 11.0 Å². The zero-order valence-electron chi connectivity index (χ0n) is 18.2. The van der Waals surface area contributed by atoms with Gasteiger partial charge in [0.1, 0.15) is 5.82 Å². The van der Waals surface area contributed by atoms with E-state index in [0.29, 0.717) is 22.5 Å². The molecular weight excluding hydrogens is 474 g/mol. The highest BCUT2D eigenvalue weighted by Gasteiger charge is 2.20. The third-order valence-electron chi connectivity index (χ3n) is 4.91. The minimum atomic E-state index is -0.184. The van der Waals surface area contributed by atoms with Crippen molar-refractivity contribution in [2.24, 2.45) is 0 Å². The number of nitrogens with one attached hydrogen (secondary N) is 1. The van der Waals surface area contributed by atoms with Gasteiger partial charge in [-0.1, -0.05) is 59.3 Å². The Morgan fingerprint density at radius 3 is 2.70 bits per heavy atom. The van der Waals surface area contributed by atoms with Gasteiger partial charge in [0.25, 0.3) is 0 Å². The number of halogens is 1. The molecule has 0 saturated heterocycles. The zero-order chi connectivity index (χ0) is 23.4. The van der Waals surface area contributed by atoms with Gasteiger partial charge in [-0.3, -0.25) is 9.36 Å². The molecule has 0 fully saturated rings. The minimum Gasteiger partial charge on any atom is -0.310 e. The van der Waals surface area contributed by atoms with Crippen molar-refractivity contribution in [1.82, 2.24) is 19.7 Å². The summed E-state index contributed by atoms with van der Waals surface area (Å²) in [5.74, 6) is 1.20. The fourth-order valence-corrected chi connectivity index (χ4v) is 5.07. The second kappa shape index (κ2) is 10.3. The Labute approximate surface area is 205 Å². The monoisotopic (exact) mass is 495 g/mol. The van der Waals surface area contributed by atoms with Crippen LogP contribution in [-0.2, 0) is 11.3 Å². The Hall–Kier alpha value is -2.94. The van der Waals surface area contributed by atoms with E-state index < -0.39 is 0 Å². The van der Waals surface area contributed by atoms with E-state index in [-0.39, 0.29) is 11.7 Å². The number of pyridine rings is 1. The molecule has 4 rings (SSSR count). The number of amides is 1. The molecule has 4 aromatic rings. The average Bonchev–Trinajstić information content (AvgIpc) is 3.38. The summed E-state index contributed by atoms with van der Waals surface area (Å²) in [6.45, 7) is 8.61. The normalized spacial score (nSPS) is 10.9. The standard InChI is InChI=1S/C24H22ClN5OS2/c1-4-11-30-23(19-13-32-16(3)22(19)17-7-5-15(2)6-8-17)28-29-24(30)33-14-21(31)27-20-10-9-18(25)12-26-20/h4-10,12-13H,1,11,14H2,2-3H3,(H,26,27,31). The summed E-state index contributed by atoms with van der Waals surface area (Å²) in [5.41, 5.74) is 4.54. The number of nitrogens with zero attached hydrogens (tertiary/aromatic N) is 4. The van der Waals surface area contributed by atoms with Crippen LogP contribution in [0.1, 0.15) is 10.4 Å². The molecule has 0 radical (unpaired) electrons. The second-order valence-corrected chi connectivity index (χ2v) is 9.81. The van der Waals surface area contributed by atoms with Gasteiger partial charge in [0.05, 0.1) is 10.8 Å². The van der Waals surface area contributed by atoms with Gasteiger partial charge in [-0.15, -0.1) is 28.1 Å². The van der Waals surface area contributed by atoms with Gasteiger partial charge in [-0.2, -0.15) is 0 Å². The molecule has 1 aromatic carbocycles. The van der Waals surface area contributed by atoms with Gasteiger partial charge in [-0.25, -0.2) is 4.98 Å². The molecule has 0 aliphatic rings. The fourth-order valence-electron chi connectivity index (χ4n) is 3.35. The lowest BCUT2D eigenvalue weighted by molar-refractivity contribution is -0.113. The first-order chi connectivity index (χ1) is 16.0. The number of carbonyl (C=O) groups is 1. The van der Waals surface area contributed by atoms with Crippen LogP contribution in [0.15, 0.2) is 65.8 Å². The number of carbonyl (C=O) groups excluding carboxylic acids is 1. The van der Waals surface area contributed by atoms with Gasteiger partial charge < -0.3 is 5.32 Å². The van der Waals surface area contributed by atoms with Crippen LogP contribution < -0.4 is 5.32 Å². The van der Waals surface area contributed by atoms with Crippen LogP contribution in [0.2, 0.25) is 5.02 Å². The Balaban J connectivity index is 1.57. The second-order valence-electron chi connectivity index (χ2n) is 7.35. The number of aryl methyl sites for hydroxylation is 2. The van der Waals surface area contributed by atoms with E-state index in [1.165, 1.54) is 28.4 Å². The summed E-state index contributed by atoms with van der Waals surface area (Å²) in [6.07, 6.45) is 3.30. The molecule has 3 aromatic heterocycles. The van der Waals surface area contributed by atoms with Crippen LogP contribution in [0, 0.1) is 13.8 Å². The van der Waals surface area contributed by atoms with Crippen molar-refractivity contribution in [2.45, 2.75) is 25.5 Å². The molecule has 0 bridgehead atoms. The Kier molecular flexibility index (Phi) is 7.27. The molecule has 33 heavy (non-hydrogen) atoms. The van der Waals surface area contributed by atoms with Gasteiger partial charge in [0.2, 0.25) is 5.91 Å². The lowest BCUT2D eigenvalue weighted by Crippen LogP contribution is -2.15. The Bertz CT molecular complexity index is 1280. The molecule has 0 saturated carbocycles. The molecule has 0 aliphatic heterocycles. The number of thioether (sulfide) groups is 1. The summed E-state index contributed by atoms with van der Waals surface area (Å²) in [7, 11) is 0. The zero-order valence-corrected chi connectivity index (χ0v) is 20.6. The first-order valence-electron chi connectivity index (χ1n) is 10.2. The lowest BCUT2D eigenvalue weighted by Gasteiger charge is -2.10. The predicted octanol–water partition coefficient (Wildman–Crippen LogP) is 6.26. The van der Waals surface area contributed by atoms with Crippen LogP contribution in [0.5, 0.6) is 0 Å². The smallest absolute Gasteiger partial charge is 0.236 e. The van der Waals surface area contributed by atoms with Crippen molar-refractivity contribution < 1.29 is 4.79 Å². The molecular formula is C24H22ClN5OS2. The maximum Gasteiger partial charge on any atom is 0.236 e. The van der Waals surface area contributed by atoms with E-state index >= 15 is 0 Å². The quantitative estimate of drug-likeness (QED) is 0.231. The molecule has 1 amide bonds. The predicted molar refractivity (Wildman–Crippen MR) is 137 cm³/mol. The van der Waals surface area contributed by atoms with Crippen LogP contribution in [0.4, 0.5) is 5.82 Å². The molecule has 168 valence electrons. The van der Waals surface area contributed by atoms with Gasteiger partial charge in [0, 0.05) is 34.1 Å². The first kappa shape index (κ1) is 23.2. The maximum absolute atomic E-state index is 12.4. The summed E-state index contributed by atoms with van der Waals surface area (Å²) in [5, 5.41) is 14.9. The number of anilines is 1. The molecule has 9 heteroatoms. The number of rotatable bonds is 8. The van der Waals surface area contributed by atoms with Crippen molar-refractivity contribution in [3.8, 4) is 22.5 Å². The summed E-state index contributed by atoms with van der Waals surface area (Å²) in [4.78, 5) is 17.7. The van der Waals surface area contributed by atoms with E-state index in [1.807, 2.05) is 4.57 Å². The number of thiophene rings is 1. The third-order valence-corrected chi connectivity index (χ3v) is 7.01. The highest BCUT2D eigenvalue weighted by molar-refractivity contribution is 7.99. The highest BCUT2D eigenvalue weighted by atomic mass is 35.5. The number of hydrogen-bond acceptors (Lipinski definition) is 6. The number of aromatic nitrogens is 4. The molecule has 6 nitrogen and oxygen atoms in total. The summed E-state index contributed by atoms with van der Waals surface area (Å²) >= 11 is 8.85. The van der Waals surface area contributed by atoms with Crippen molar-refractivity contribution in [3.05, 3.63) is 76.1 Å². The molecule has 0 spiro atoms. The maximum atomic E-state index is 12.4. The van der Waals surface area contributed by atoms with Crippen LogP contribution in [0.25, 0.3) is 22.5 Å². The van der Waals surface area contributed by atoms with Crippen molar-refractivity contribution in [2.75, 3.05) is 11.1 Å². The topological polar surface area (TPSA) is 72.7 Å². The van der Waals surface area contributed by atoms with Gasteiger partial charge >= 0.3 is 0 Å². The minimum absolute atomic E-state index is 0.174. The van der Waals surface area contributed by atoms with Crippen LogP contribution >= 0.6 is 34.7 Å². The highest BCUT2D eigenvalue weighted by Crippen LogP contribution is 2.39. The van der Waals surface area contributed by atoms with Crippen molar-refractivity contribution in [1.29, 1.82) is 0 Å². The Morgan fingerprint density at radius 1 is 1.21 bits per heavy atom. The summed E-state index contributed by atoms with van der Waals surface area (Å²) in [6, 6.07) is 11.8. The van der Waals surface area contributed by atoms with E-state index in [0.717, 1.165) is 22.5 Å². The molecule has 1 N–H and O–H groups in total. The van der Waals surface area contributed by atoms with Gasteiger partial charge in [-0.05, 0) is 31.5 Å². The summed E-state index contributed by atoms with van der Waals surface area (Å²) < 4.78 is 1.99. The van der Waals surface area contributed by atoms with E-state index in [4.69, 9.17) is 11.6 Å². The molecule has 3 heterocycles. The average molecular weight is 496 g/mol. The largest absolute Gasteiger partial charge is 0.310 e. The Morgan fingerprint density at radius 2 is 2.00 bits per heavy atom. The molecule has 0 atom stereocenters. The van der Waals surface area contributed by atoms with Crippen LogP contribution in [-0.4, -0.2) is 31.4 Å².